The van der Waals surface area contributed by atoms with Crippen molar-refractivity contribution in [3.63, 3.8) is 0 Å². The molecule has 9 nitrogen and oxygen atoms in total. The normalized spacial score (nSPS) is 20.4. The summed E-state index contributed by atoms with van der Waals surface area (Å²) in [6.07, 6.45) is 0.0965. The number of fused-ring (bicyclic) bond motifs is 1. The second-order valence-corrected chi connectivity index (χ2v) is 9.76. The SMILES string of the molecule is COC(=O)CC[C@@H](C(N)=O)N1Cc2c(OCc3ccc(CN4[C@H](C)COC[C@@H]4C)cc3)cccc2C1=O. The molecule has 0 bridgehead atoms. The predicted octanol–water partition coefficient (Wildman–Crippen LogP) is 2.64. The van der Waals surface area contributed by atoms with Crippen LogP contribution in [-0.4, -0.2) is 66.0 Å². The summed E-state index contributed by atoms with van der Waals surface area (Å²) in [7, 11) is 1.28. The lowest BCUT2D eigenvalue weighted by molar-refractivity contribution is -0.141. The topological polar surface area (TPSA) is 111 Å². The fraction of sp³-hybridized carbons (Fsp3) is 0.464. The van der Waals surface area contributed by atoms with Gasteiger partial charge in [-0.2, -0.15) is 0 Å². The molecule has 0 spiro atoms. The Morgan fingerprint density at radius 1 is 1.08 bits per heavy atom. The maximum Gasteiger partial charge on any atom is 0.305 e. The Morgan fingerprint density at radius 3 is 2.41 bits per heavy atom. The van der Waals surface area contributed by atoms with E-state index in [9.17, 15) is 14.4 Å². The van der Waals surface area contributed by atoms with E-state index in [1.807, 2.05) is 6.07 Å². The zero-order valence-electron chi connectivity index (χ0n) is 21.6. The van der Waals surface area contributed by atoms with Gasteiger partial charge in [0.15, 0.2) is 0 Å². The summed E-state index contributed by atoms with van der Waals surface area (Å²) in [5.74, 6) is -0.831. The summed E-state index contributed by atoms with van der Waals surface area (Å²) in [5, 5.41) is 0. The van der Waals surface area contributed by atoms with Gasteiger partial charge in [0, 0.05) is 36.2 Å². The highest BCUT2D eigenvalue weighted by Crippen LogP contribution is 2.33. The summed E-state index contributed by atoms with van der Waals surface area (Å²) >= 11 is 0. The number of nitrogens with zero attached hydrogens (tertiary/aromatic N) is 2. The van der Waals surface area contributed by atoms with Crippen molar-refractivity contribution in [1.29, 1.82) is 0 Å². The minimum absolute atomic E-state index is 0.00700. The van der Waals surface area contributed by atoms with E-state index in [-0.39, 0.29) is 25.3 Å². The number of benzene rings is 2. The smallest absolute Gasteiger partial charge is 0.305 e. The Labute approximate surface area is 217 Å². The van der Waals surface area contributed by atoms with E-state index >= 15 is 0 Å². The third kappa shape index (κ3) is 6.11. The second-order valence-electron chi connectivity index (χ2n) is 9.76. The Bertz CT molecular complexity index is 1130. The minimum Gasteiger partial charge on any atom is -0.489 e. The number of hydrogen-bond donors (Lipinski definition) is 1. The van der Waals surface area contributed by atoms with Gasteiger partial charge < -0.3 is 24.8 Å². The molecule has 1 saturated heterocycles. The van der Waals surface area contributed by atoms with Crippen molar-refractivity contribution in [2.24, 2.45) is 5.73 Å². The number of rotatable bonds is 10. The number of amides is 2. The van der Waals surface area contributed by atoms with Crippen LogP contribution < -0.4 is 10.5 Å². The van der Waals surface area contributed by atoms with Crippen LogP contribution in [0.1, 0.15) is 53.7 Å². The van der Waals surface area contributed by atoms with Crippen LogP contribution in [0.25, 0.3) is 0 Å². The first-order chi connectivity index (χ1) is 17.8. The summed E-state index contributed by atoms with van der Waals surface area (Å²) in [4.78, 5) is 40.6. The third-order valence-electron chi connectivity index (χ3n) is 7.14. The highest BCUT2D eigenvalue weighted by molar-refractivity contribution is 6.01. The van der Waals surface area contributed by atoms with Crippen LogP contribution in [0.3, 0.4) is 0 Å². The van der Waals surface area contributed by atoms with Gasteiger partial charge in [-0.15, -0.1) is 0 Å². The van der Waals surface area contributed by atoms with Crippen molar-refractivity contribution in [2.75, 3.05) is 20.3 Å². The standard InChI is InChI=1S/C28H35N3O6/c1-18-15-36-16-19(2)30(18)13-20-7-9-21(10-8-20)17-37-25-6-4-5-22-23(25)14-31(28(22)34)24(27(29)33)11-12-26(32)35-3/h4-10,18-19,24H,11-17H2,1-3H3,(H2,29,33)/t18-,19+,24-/m0/s1. The number of primary amides is 1. The van der Waals surface area contributed by atoms with Crippen molar-refractivity contribution in [1.82, 2.24) is 9.80 Å². The molecule has 2 aliphatic heterocycles. The van der Waals surface area contributed by atoms with Gasteiger partial charge >= 0.3 is 5.97 Å². The number of methoxy groups -OCH3 is 1. The maximum absolute atomic E-state index is 13.1. The van der Waals surface area contributed by atoms with Gasteiger partial charge in [0.25, 0.3) is 5.91 Å². The van der Waals surface area contributed by atoms with E-state index in [1.165, 1.54) is 17.6 Å². The molecule has 0 aromatic heterocycles. The Hall–Kier alpha value is -3.43. The number of nitrogens with two attached hydrogens (primary N) is 1. The summed E-state index contributed by atoms with van der Waals surface area (Å²) in [6, 6.07) is 13.5. The van der Waals surface area contributed by atoms with E-state index in [2.05, 4.69) is 47.7 Å². The molecule has 3 atom stereocenters. The highest BCUT2D eigenvalue weighted by atomic mass is 16.5. The molecule has 9 heteroatoms. The number of carbonyl (C=O) groups is 3. The second kappa shape index (κ2) is 11.7. The monoisotopic (exact) mass is 509 g/mol. The van der Waals surface area contributed by atoms with Gasteiger partial charge in [0.2, 0.25) is 5.91 Å². The third-order valence-corrected chi connectivity index (χ3v) is 7.14. The molecule has 0 radical (unpaired) electrons. The van der Waals surface area contributed by atoms with E-state index in [4.69, 9.17) is 15.2 Å². The predicted molar refractivity (Wildman–Crippen MR) is 137 cm³/mol. The van der Waals surface area contributed by atoms with E-state index in [0.29, 0.717) is 35.6 Å². The van der Waals surface area contributed by atoms with Crippen LogP contribution in [0.5, 0.6) is 5.75 Å². The summed E-state index contributed by atoms with van der Waals surface area (Å²) < 4.78 is 16.4. The van der Waals surface area contributed by atoms with E-state index in [1.54, 1.807) is 12.1 Å². The fourth-order valence-corrected chi connectivity index (χ4v) is 4.98. The van der Waals surface area contributed by atoms with Crippen molar-refractivity contribution in [2.45, 2.75) is 64.5 Å². The van der Waals surface area contributed by atoms with Gasteiger partial charge in [-0.05, 0) is 43.5 Å². The molecule has 2 heterocycles. The lowest BCUT2D eigenvalue weighted by Gasteiger charge is -2.38. The Morgan fingerprint density at radius 2 is 1.76 bits per heavy atom. The molecule has 0 unspecified atom stereocenters. The van der Waals surface area contributed by atoms with Crippen LogP contribution in [0.4, 0.5) is 0 Å². The zero-order chi connectivity index (χ0) is 26.5. The summed E-state index contributed by atoms with van der Waals surface area (Å²) in [6.45, 7) is 7.28. The molecule has 2 aromatic carbocycles. The van der Waals surface area contributed by atoms with Crippen LogP contribution in [0.15, 0.2) is 42.5 Å². The number of carbonyl (C=O) groups excluding carboxylic acids is 3. The molecule has 1 fully saturated rings. The zero-order valence-corrected chi connectivity index (χ0v) is 21.6. The molecule has 198 valence electrons. The van der Waals surface area contributed by atoms with Gasteiger partial charge in [-0.25, -0.2) is 0 Å². The summed E-state index contributed by atoms with van der Waals surface area (Å²) in [5.41, 5.74) is 9.01. The first-order valence-corrected chi connectivity index (χ1v) is 12.6. The molecule has 2 aliphatic rings. The number of hydrogen-bond acceptors (Lipinski definition) is 7. The van der Waals surface area contributed by atoms with Crippen LogP contribution in [-0.2, 0) is 38.8 Å². The van der Waals surface area contributed by atoms with Crippen LogP contribution in [0, 0.1) is 0 Å². The lowest BCUT2D eigenvalue weighted by atomic mass is 10.1. The molecule has 2 N–H and O–H groups in total. The lowest BCUT2D eigenvalue weighted by Crippen LogP contribution is -2.48. The van der Waals surface area contributed by atoms with E-state index in [0.717, 1.165) is 25.3 Å². The quantitative estimate of drug-likeness (QED) is 0.490. The van der Waals surface area contributed by atoms with Gasteiger partial charge in [0.05, 0.1) is 26.9 Å². The van der Waals surface area contributed by atoms with Gasteiger partial charge in [-0.3, -0.25) is 19.3 Å². The first-order valence-electron chi connectivity index (χ1n) is 12.6. The molecule has 0 aliphatic carbocycles. The van der Waals surface area contributed by atoms with Gasteiger partial charge in [0.1, 0.15) is 18.4 Å². The number of esters is 1. The molecule has 2 amide bonds. The Balaban J connectivity index is 1.40. The van der Waals surface area contributed by atoms with Gasteiger partial charge in [-0.1, -0.05) is 30.3 Å². The fourth-order valence-electron chi connectivity index (χ4n) is 4.98. The Kier molecular flexibility index (Phi) is 8.45. The van der Waals surface area contributed by atoms with Crippen molar-refractivity contribution in [3.05, 3.63) is 64.7 Å². The van der Waals surface area contributed by atoms with Crippen LogP contribution in [0.2, 0.25) is 0 Å². The molecular weight excluding hydrogens is 474 g/mol. The number of morpholine rings is 1. The highest BCUT2D eigenvalue weighted by Gasteiger charge is 2.37. The van der Waals surface area contributed by atoms with Crippen molar-refractivity contribution in [3.8, 4) is 5.75 Å². The van der Waals surface area contributed by atoms with E-state index < -0.39 is 17.9 Å². The van der Waals surface area contributed by atoms with Crippen molar-refractivity contribution < 1.29 is 28.6 Å². The number of ether oxygens (including phenoxy) is 3. The molecule has 0 saturated carbocycles. The van der Waals surface area contributed by atoms with Crippen LogP contribution >= 0.6 is 0 Å². The average Bonchev–Trinajstić information content (AvgIpc) is 3.22. The molecule has 4 rings (SSSR count). The largest absolute Gasteiger partial charge is 0.489 e. The van der Waals surface area contributed by atoms with Crippen molar-refractivity contribution >= 4 is 17.8 Å². The first kappa shape index (κ1) is 26.6. The maximum atomic E-state index is 13.1. The minimum atomic E-state index is -0.906. The molecular formula is C28H35N3O6. The molecule has 37 heavy (non-hydrogen) atoms. The molecule has 2 aromatic rings. The average molecular weight is 510 g/mol.